The fourth-order valence-electron chi connectivity index (χ4n) is 2.16. The van der Waals surface area contributed by atoms with E-state index in [1.807, 2.05) is 6.07 Å². The van der Waals surface area contributed by atoms with E-state index in [1.54, 1.807) is 36.4 Å². The zero-order valence-corrected chi connectivity index (χ0v) is 12.7. The molecule has 22 heavy (non-hydrogen) atoms. The lowest BCUT2D eigenvalue weighted by atomic mass is 10.1. The predicted molar refractivity (Wildman–Crippen MR) is 89.0 cm³/mol. The Hall–Kier alpha value is -2.30. The Morgan fingerprint density at radius 2 is 1.73 bits per heavy atom. The van der Waals surface area contributed by atoms with Gasteiger partial charge < -0.3 is 10.3 Å². The molecule has 0 atom stereocenters. The Morgan fingerprint density at radius 1 is 1.05 bits per heavy atom. The van der Waals surface area contributed by atoms with E-state index in [4.69, 9.17) is 23.2 Å². The fourth-order valence-corrected chi connectivity index (χ4v) is 2.69. The molecule has 1 amide bonds. The molecule has 0 saturated carbocycles. The van der Waals surface area contributed by atoms with Crippen molar-refractivity contribution in [2.75, 3.05) is 5.32 Å². The molecule has 0 saturated heterocycles. The van der Waals surface area contributed by atoms with Crippen molar-refractivity contribution < 1.29 is 4.79 Å². The molecule has 3 rings (SSSR count). The third-order valence-electron chi connectivity index (χ3n) is 3.15. The molecule has 0 fully saturated rings. The standard InChI is InChI=1S/C16H10Cl2N2O2/c17-9-5-10(18)7-11(6-9)20-16(22)13-8-19-14-4-2-1-3-12(14)15(13)21/h1-8H,(H,19,21)(H,20,22). The molecule has 0 bridgehead atoms. The van der Waals surface area contributed by atoms with Crippen molar-refractivity contribution in [2.45, 2.75) is 0 Å². The number of benzene rings is 2. The molecule has 2 N–H and O–H groups in total. The van der Waals surface area contributed by atoms with E-state index in [2.05, 4.69) is 10.3 Å². The molecule has 0 aliphatic heterocycles. The van der Waals surface area contributed by atoms with Gasteiger partial charge in [-0.3, -0.25) is 9.59 Å². The second-order valence-electron chi connectivity index (χ2n) is 4.69. The molecule has 110 valence electrons. The van der Waals surface area contributed by atoms with Gasteiger partial charge in [-0.25, -0.2) is 0 Å². The molecule has 6 heteroatoms. The minimum Gasteiger partial charge on any atom is -0.360 e. The van der Waals surface area contributed by atoms with Crippen LogP contribution in [-0.2, 0) is 0 Å². The lowest BCUT2D eigenvalue weighted by molar-refractivity contribution is 0.102. The number of hydrogen-bond donors (Lipinski definition) is 2. The quantitative estimate of drug-likeness (QED) is 0.742. The molecule has 0 unspecified atom stereocenters. The number of nitrogens with one attached hydrogen (secondary N) is 2. The van der Waals surface area contributed by atoms with Crippen molar-refractivity contribution >= 4 is 45.7 Å². The lowest BCUT2D eigenvalue weighted by Crippen LogP contribution is -2.21. The smallest absolute Gasteiger partial charge is 0.261 e. The Balaban J connectivity index is 1.99. The molecule has 0 radical (unpaired) electrons. The lowest BCUT2D eigenvalue weighted by Gasteiger charge is -2.07. The molecule has 1 aromatic heterocycles. The van der Waals surface area contributed by atoms with Crippen LogP contribution in [0.25, 0.3) is 10.9 Å². The maximum atomic E-state index is 12.4. The van der Waals surface area contributed by atoms with Gasteiger partial charge in [0.2, 0.25) is 5.43 Å². The Labute approximate surface area is 135 Å². The maximum Gasteiger partial charge on any atom is 0.261 e. The summed E-state index contributed by atoms with van der Waals surface area (Å²) in [5, 5.41) is 3.87. The van der Waals surface area contributed by atoms with E-state index in [9.17, 15) is 9.59 Å². The van der Waals surface area contributed by atoms with Crippen LogP contribution in [0.1, 0.15) is 10.4 Å². The van der Waals surface area contributed by atoms with Gasteiger partial charge in [0.05, 0.1) is 0 Å². The Morgan fingerprint density at radius 3 is 2.45 bits per heavy atom. The van der Waals surface area contributed by atoms with Crippen molar-refractivity contribution in [1.82, 2.24) is 4.98 Å². The first-order valence-electron chi connectivity index (χ1n) is 6.42. The van der Waals surface area contributed by atoms with E-state index in [-0.39, 0.29) is 11.0 Å². The van der Waals surface area contributed by atoms with Crippen LogP contribution in [0.5, 0.6) is 0 Å². The van der Waals surface area contributed by atoms with Gasteiger partial charge in [0.15, 0.2) is 0 Å². The molecular weight excluding hydrogens is 323 g/mol. The summed E-state index contributed by atoms with van der Waals surface area (Å²) in [6.07, 6.45) is 1.39. The molecular formula is C16H10Cl2N2O2. The van der Waals surface area contributed by atoms with E-state index in [0.717, 1.165) is 0 Å². The highest BCUT2D eigenvalue weighted by atomic mass is 35.5. The van der Waals surface area contributed by atoms with Gasteiger partial charge in [0.1, 0.15) is 5.56 Å². The molecule has 2 aromatic carbocycles. The summed E-state index contributed by atoms with van der Waals surface area (Å²) >= 11 is 11.8. The summed E-state index contributed by atoms with van der Waals surface area (Å²) in [5.41, 5.74) is 0.791. The average Bonchev–Trinajstić information content (AvgIpc) is 2.46. The van der Waals surface area contributed by atoms with E-state index < -0.39 is 5.91 Å². The molecule has 0 aliphatic carbocycles. The van der Waals surface area contributed by atoms with Crippen LogP contribution in [0.15, 0.2) is 53.5 Å². The van der Waals surface area contributed by atoms with E-state index >= 15 is 0 Å². The van der Waals surface area contributed by atoms with Crippen molar-refractivity contribution in [2.24, 2.45) is 0 Å². The van der Waals surface area contributed by atoms with Crippen LogP contribution in [0.4, 0.5) is 5.69 Å². The van der Waals surface area contributed by atoms with Gasteiger partial charge in [-0.2, -0.15) is 0 Å². The monoisotopic (exact) mass is 332 g/mol. The second kappa shape index (κ2) is 5.83. The number of aromatic amines is 1. The highest BCUT2D eigenvalue weighted by Gasteiger charge is 2.13. The van der Waals surface area contributed by atoms with Crippen molar-refractivity contribution in [3.8, 4) is 0 Å². The molecule has 0 aliphatic rings. The first-order chi connectivity index (χ1) is 10.5. The van der Waals surface area contributed by atoms with Gasteiger partial charge in [-0.05, 0) is 30.3 Å². The highest BCUT2D eigenvalue weighted by Crippen LogP contribution is 2.22. The number of carbonyl (C=O) groups is 1. The number of para-hydroxylation sites is 1. The first-order valence-corrected chi connectivity index (χ1v) is 7.18. The fraction of sp³-hybridized carbons (Fsp3) is 0. The zero-order valence-electron chi connectivity index (χ0n) is 11.2. The summed E-state index contributed by atoms with van der Waals surface area (Å²) in [6, 6.07) is 11.7. The number of fused-ring (bicyclic) bond motifs is 1. The third kappa shape index (κ3) is 2.84. The van der Waals surface area contributed by atoms with Crippen molar-refractivity contribution in [3.63, 3.8) is 0 Å². The first kappa shape index (κ1) is 14.6. The van der Waals surface area contributed by atoms with Crippen molar-refractivity contribution in [1.29, 1.82) is 0 Å². The number of carbonyl (C=O) groups excluding carboxylic acids is 1. The number of rotatable bonds is 2. The summed E-state index contributed by atoms with van der Waals surface area (Å²) in [7, 11) is 0. The predicted octanol–water partition coefficient (Wildman–Crippen LogP) is 4.09. The topological polar surface area (TPSA) is 62.0 Å². The van der Waals surface area contributed by atoms with Crippen LogP contribution in [0.2, 0.25) is 10.0 Å². The van der Waals surface area contributed by atoms with Gasteiger partial charge >= 0.3 is 0 Å². The number of hydrogen-bond acceptors (Lipinski definition) is 2. The number of pyridine rings is 1. The van der Waals surface area contributed by atoms with Crippen molar-refractivity contribution in [3.05, 3.63) is 74.5 Å². The van der Waals surface area contributed by atoms with E-state index in [0.29, 0.717) is 26.6 Å². The third-order valence-corrected chi connectivity index (χ3v) is 3.59. The van der Waals surface area contributed by atoms with Crippen LogP contribution < -0.4 is 10.7 Å². The summed E-state index contributed by atoms with van der Waals surface area (Å²) in [5.74, 6) is -0.523. The summed E-state index contributed by atoms with van der Waals surface area (Å²) in [4.78, 5) is 27.6. The number of amides is 1. The molecule has 0 spiro atoms. The normalized spacial score (nSPS) is 10.6. The minimum absolute atomic E-state index is 0.0230. The number of halogens is 2. The molecule has 1 heterocycles. The molecule has 4 nitrogen and oxygen atoms in total. The van der Waals surface area contributed by atoms with Gasteiger partial charge in [0.25, 0.3) is 5.91 Å². The van der Waals surface area contributed by atoms with Gasteiger partial charge in [-0.1, -0.05) is 35.3 Å². The second-order valence-corrected chi connectivity index (χ2v) is 5.56. The SMILES string of the molecule is O=C(Nc1cc(Cl)cc(Cl)c1)c1c[nH]c2ccccc2c1=O. The number of anilines is 1. The summed E-state index contributed by atoms with van der Waals surface area (Å²) < 4.78 is 0. The number of H-pyrrole nitrogens is 1. The van der Waals surface area contributed by atoms with Gasteiger partial charge in [0, 0.05) is 32.8 Å². The van der Waals surface area contributed by atoms with Crippen LogP contribution in [-0.4, -0.2) is 10.9 Å². The van der Waals surface area contributed by atoms with Crippen LogP contribution in [0, 0.1) is 0 Å². The largest absolute Gasteiger partial charge is 0.360 e. The average molecular weight is 333 g/mol. The van der Waals surface area contributed by atoms with Gasteiger partial charge in [-0.15, -0.1) is 0 Å². The van der Waals surface area contributed by atoms with Crippen LogP contribution in [0.3, 0.4) is 0 Å². The maximum absolute atomic E-state index is 12.4. The zero-order chi connectivity index (χ0) is 15.7. The highest BCUT2D eigenvalue weighted by molar-refractivity contribution is 6.35. The minimum atomic E-state index is -0.523. The number of aromatic nitrogens is 1. The summed E-state index contributed by atoms with van der Waals surface area (Å²) in [6.45, 7) is 0. The Kier molecular flexibility index (Phi) is 3.88. The van der Waals surface area contributed by atoms with Crippen LogP contribution >= 0.6 is 23.2 Å². The van der Waals surface area contributed by atoms with E-state index in [1.165, 1.54) is 6.20 Å². The molecule has 3 aromatic rings. The Bertz CT molecular complexity index is 915.